The second kappa shape index (κ2) is 2.25. The molecule has 0 unspecified atom stereocenters. The third kappa shape index (κ3) is 1.65. The molecule has 0 aliphatic carbocycles. The monoisotopic (exact) mass is 134 g/mol. The average Bonchev–Trinajstić information content (AvgIpc) is 1.65. The summed E-state index contributed by atoms with van der Waals surface area (Å²) in [6, 6.07) is 0. The van der Waals surface area contributed by atoms with Gasteiger partial charge in [0.25, 0.3) is 0 Å². The minimum atomic E-state index is -0.583. The van der Waals surface area contributed by atoms with Gasteiger partial charge >= 0.3 is 0 Å². The third-order valence-electron chi connectivity index (χ3n) is 1.28. The molecular formula is C5H14N2S. The minimum absolute atomic E-state index is 0.583. The molecule has 1 rings (SSSR count). The highest BCUT2D eigenvalue weighted by atomic mass is 32.3. The molecule has 0 bridgehead atoms. The van der Waals surface area contributed by atoms with Gasteiger partial charge in [-0.05, 0) is 18.9 Å². The smallest absolute Gasteiger partial charge is 0.00668 e. The highest BCUT2D eigenvalue weighted by Crippen LogP contribution is 2.30. The molecule has 8 heavy (non-hydrogen) atoms. The van der Waals surface area contributed by atoms with Crippen LogP contribution in [0.2, 0.25) is 0 Å². The fraction of sp³-hybridized carbons (Fsp3) is 1.00. The van der Waals surface area contributed by atoms with Crippen LogP contribution in [0.1, 0.15) is 6.42 Å². The van der Waals surface area contributed by atoms with Crippen molar-refractivity contribution in [2.24, 2.45) is 0 Å². The Bertz CT molecular complexity index is 74.5. The van der Waals surface area contributed by atoms with E-state index >= 15 is 0 Å². The largest absolute Gasteiger partial charge is 0.270 e. The molecule has 2 nitrogen and oxygen atoms in total. The average molecular weight is 134 g/mol. The van der Waals surface area contributed by atoms with Crippen LogP contribution in [-0.4, -0.2) is 25.6 Å². The molecule has 3 heteroatoms. The fourth-order valence-electron chi connectivity index (χ4n) is 0.794. The fourth-order valence-corrected chi connectivity index (χ4v) is 2.21. The van der Waals surface area contributed by atoms with Crippen LogP contribution in [0, 0.1) is 0 Å². The lowest BCUT2D eigenvalue weighted by Crippen LogP contribution is -2.38. The second-order valence-electron chi connectivity index (χ2n) is 2.47. The van der Waals surface area contributed by atoms with Gasteiger partial charge in [-0.25, -0.2) is 0 Å². The van der Waals surface area contributed by atoms with Crippen molar-refractivity contribution in [1.82, 2.24) is 9.44 Å². The maximum absolute atomic E-state index is 3.43. The van der Waals surface area contributed by atoms with Gasteiger partial charge < -0.3 is 0 Å². The summed E-state index contributed by atoms with van der Waals surface area (Å²) in [6.07, 6.45) is 5.76. The Balaban J connectivity index is 2.33. The molecule has 1 aliphatic heterocycles. The Kier molecular flexibility index (Phi) is 1.80. The highest BCUT2D eigenvalue weighted by Gasteiger charge is 2.12. The maximum atomic E-state index is 3.43. The summed E-state index contributed by atoms with van der Waals surface area (Å²) in [5, 5.41) is 0. The van der Waals surface area contributed by atoms with E-state index in [1.54, 1.807) is 0 Å². The van der Waals surface area contributed by atoms with E-state index in [2.05, 4.69) is 22.0 Å². The van der Waals surface area contributed by atoms with E-state index in [4.69, 9.17) is 0 Å². The molecule has 2 N–H and O–H groups in total. The quantitative estimate of drug-likeness (QED) is 0.503. The van der Waals surface area contributed by atoms with Gasteiger partial charge in [-0.3, -0.25) is 9.44 Å². The summed E-state index contributed by atoms with van der Waals surface area (Å²) in [7, 11) is -0.583. The lowest BCUT2D eigenvalue weighted by molar-refractivity contribution is 0.726. The van der Waals surface area contributed by atoms with Gasteiger partial charge in [0, 0.05) is 13.1 Å². The van der Waals surface area contributed by atoms with Crippen molar-refractivity contribution >= 4 is 10.4 Å². The Labute approximate surface area is 52.6 Å². The zero-order chi connectivity index (χ0) is 6.04. The molecule has 1 heterocycles. The van der Waals surface area contributed by atoms with Crippen molar-refractivity contribution < 1.29 is 0 Å². The lowest BCUT2D eigenvalue weighted by Gasteiger charge is -2.37. The van der Waals surface area contributed by atoms with Crippen molar-refractivity contribution in [3.63, 3.8) is 0 Å². The summed E-state index contributed by atoms with van der Waals surface area (Å²) in [5.74, 6) is 0. The van der Waals surface area contributed by atoms with E-state index in [0.29, 0.717) is 0 Å². The molecule has 0 spiro atoms. The molecule has 50 valence electrons. The first-order chi connectivity index (χ1) is 3.71. The number of rotatable bonds is 0. The Morgan fingerprint density at radius 2 is 1.62 bits per heavy atom. The summed E-state index contributed by atoms with van der Waals surface area (Å²) in [6.45, 7) is 2.38. The zero-order valence-corrected chi connectivity index (χ0v) is 6.35. The number of nitrogens with one attached hydrogen (secondary N) is 2. The Morgan fingerprint density at radius 1 is 1.12 bits per heavy atom. The van der Waals surface area contributed by atoms with E-state index in [1.807, 2.05) is 0 Å². The predicted molar refractivity (Wildman–Crippen MR) is 40.1 cm³/mol. The maximum Gasteiger partial charge on any atom is 0.00668 e. The van der Waals surface area contributed by atoms with Gasteiger partial charge in [0.05, 0.1) is 0 Å². The van der Waals surface area contributed by atoms with Crippen molar-refractivity contribution in [2.45, 2.75) is 6.42 Å². The molecule has 0 radical (unpaired) electrons. The van der Waals surface area contributed by atoms with Crippen LogP contribution >= 0.6 is 10.4 Å². The highest BCUT2D eigenvalue weighted by molar-refractivity contribution is 8.29. The summed E-state index contributed by atoms with van der Waals surface area (Å²) in [4.78, 5) is 0. The topological polar surface area (TPSA) is 24.1 Å². The standard InChI is InChI=1S/C5H14N2S/c1-8(2)6-4-3-5-7-8/h6-7H,3-5H2,1-2H3. The van der Waals surface area contributed by atoms with Crippen LogP contribution in [0.4, 0.5) is 0 Å². The number of hydrogen-bond acceptors (Lipinski definition) is 2. The molecule has 0 atom stereocenters. The van der Waals surface area contributed by atoms with Gasteiger partial charge in [0.2, 0.25) is 0 Å². The van der Waals surface area contributed by atoms with E-state index in [9.17, 15) is 0 Å². The zero-order valence-electron chi connectivity index (χ0n) is 5.53. The molecule has 1 saturated heterocycles. The summed E-state index contributed by atoms with van der Waals surface area (Å²) >= 11 is 0. The van der Waals surface area contributed by atoms with Gasteiger partial charge in [-0.1, -0.05) is 0 Å². The summed E-state index contributed by atoms with van der Waals surface area (Å²) in [5.41, 5.74) is 0. The first kappa shape index (κ1) is 6.39. The van der Waals surface area contributed by atoms with E-state index in [-0.39, 0.29) is 0 Å². The van der Waals surface area contributed by atoms with Crippen LogP contribution in [0.3, 0.4) is 0 Å². The van der Waals surface area contributed by atoms with Gasteiger partial charge in [0.15, 0.2) is 0 Å². The first-order valence-corrected chi connectivity index (χ1v) is 5.38. The molecule has 0 aromatic rings. The van der Waals surface area contributed by atoms with Crippen LogP contribution in [0.5, 0.6) is 0 Å². The van der Waals surface area contributed by atoms with Crippen LogP contribution in [0.15, 0.2) is 0 Å². The molecule has 0 aromatic heterocycles. The lowest BCUT2D eigenvalue weighted by atomic mass is 10.4. The third-order valence-corrected chi connectivity index (χ3v) is 3.13. The van der Waals surface area contributed by atoms with Crippen LogP contribution in [0.25, 0.3) is 0 Å². The van der Waals surface area contributed by atoms with Crippen molar-refractivity contribution in [1.29, 1.82) is 0 Å². The van der Waals surface area contributed by atoms with Crippen molar-refractivity contribution in [2.75, 3.05) is 25.6 Å². The second-order valence-corrected chi connectivity index (χ2v) is 5.70. The van der Waals surface area contributed by atoms with Crippen molar-refractivity contribution in [3.05, 3.63) is 0 Å². The molecule has 0 aromatic carbocycles. The normalized spacial score (nSPS) is 31.8. The molecular weight excluding hydrogens is 120 g/mol. The Hall–Kier alpha value is 0.270. The van der Waals surface area contributed by atoms with E-state index in [1.165, 1.54) is 19.5 Å². The number of hydrogen-bond donors (Lipinski definition) is 2. The van der Waals surface area contributed by atoms with E-state index in [0.717, 1.165) is 0 Å². The Morgan fingerprint density at radius 3 is 1.88 bits per heavy atom. The van der Waals surface area contributed by atoms with E-state index < -0.39 is 10.4 Å². The minimum Gasteiger partial charge on any atom is -0.270 e. The van der Waals surface area contributed by atoms with Crippen LogP contribution < -0.4 is 9.44 Å². The van der Waals surface area contributed by atoms with Crippen molar-refractivity contribution in [3.8, 4) is 0 Å². The van der Waals surface area contributed by atoms with Gasteiger partial charge in [-0.15, -0.1) is 10.4 Å². The molecule has 0 saturated carbocycles. The first-order valence-electron chi connectivity index (χ1n) is 2.93. The van der Waals surface area contributed by atoms with Gasteiger partial charge in [-0.2, -0.15) is 0 Å². The molecule has 1 aliphatic rings. The predicted octanol–water partition coefficient (Wildman–Crippen LogP) is 0.463. The SMILES string of the molecule is CS1(C)NCCCN1. The van der Waals surface area contributed by atoms with Crippen LogP contribution in [-0.2, 0) is 0 Å². The molecule has 1 fully saturated rings. The molecule has 0 amide bonds. The summed E-state index contributed by atoms with van der Waals surface area (Å²) < 4.78 is 6.86. The van der Waals surface area contributed by atoms with Gasteiger partial charge in [0.1, 0.15) is 0 Å².